The quantitative estimate of drug-likeness (QED) is 0.811. The zero-order valence-electron chi connectivity index (χ0n) is 11.9. The molecule has 0 bridgehead atoms. The molecule has 0 aromatic rings. The third-order valence-electron chi connectivity index (χ3n) is 4.03. The second-order valence-corrected chi connectivity index (χ2v) is 5.42. The van der Waals surface area contributed by atoms with Crippen LogP contribution in [0.15, 0.2) is 0 Å². The fourth-order valence-corrected chi connectivity index (χ4v) is 2.89. The second-order valence-electron chi connectivity index (χ2n) is 5.42. The van der Waals surface area contributed by atoms with Crippen LogP contribution in [0.3, 0.4) is 0 Å². The SMILES string of the molecule is CCCCC(=O)N1CCCC1C(=O)N1CCNCC1. The number of piperazine rings is 1. The Bertz CT molecular complexity index is 327. The average Bonchev–Trinajstić information content (AvgIpc) is 2.94. The highest BCUT2D eigenvalue weighted by Crippen LogP contribution is 2.21. The van der Waals surface area contributed by atoms with Crippen molar-refractivity contribution in [2.75, 3.05) is 32.7 Å². The smallest absolute Gasteiger partial charge is 0.245 e. The summed E-state index contributed by atoms with van der Waals surface area (Å²) in [6.07, 6.45) is 4.32. The molecule has 2 saturated heterocycles. The molecule has 0 aromatic carbocycles. The van der Waals surface area contributed by atoms with E-state index in [0.29, 0.717) is 6.42 Å². The van der Waals surface area contributed by atoms with Crippen molar-refractivity contribution in [1.82, 2.24) is 15.1 Å². The largest absolute Gasteiger partial charge is 0.338 e. The van der Waals surface area contributed by atoms with Crippen LogP contribution in [0.1, 0.15) is 39.0 Å². The lowest BCUT2D eigenvalue weighted by Crippen LogP contribution is -2.53. The molecule has 0 aromatic heterocycles. The molecule has 2 heterocycles. The summed E-state index contributed by atoms with van der Waals surface area (Å²) in [6.45, 7) is 6.11. The Kier molecular flexibility index (Phi) is 5.19. The number of nitrogens with zero attached hydrogens (tertiary/aromatic N) is 2. The Morgan fingerprint density at radius 1 is 1.21 bits per heavy atom. The molecule has 1 atom stereocenters. The first-order chi connectivity index (χ1) is 9.24. The number of amides is 2. The van der Waals surface area contributed by atoms with E-state index in [0.717, 1.165) is 58.4 Å². The maximum absolute atomic E-state index is 12.5. The van der Waals surface area contributed by atoms with Crippen LogP contribution in [0.2, 0.25) is 0 Å². The summed E-state index contributed by atoms with van der Waals surface area (Å²) in [7, 11) is 0. The van der Waals surface area contributed by atoms with Crippen LogP contribution >= 0.6 is 0 Å². The number of rotatable bonds is 4. The third-order valence-corrected chi connectivity index (χ3v) is 4.03. The van der Waals surface area contributed by atoms with Crippen LogP contribution in [0, 0.1) is 0 Å². The first kappa shape index (κ1) is 14.3. The van der Waals surface area contributed by atoms with Gasteiger partial charge in [0.05, 0.1) is 0 Å². The average molecular weight is 267 g/mol. The van der Waals surface area contributed by atoms with Crippen molar-refractivity contribution >= 4 is 11.8 Å². The molecule has 5 nitrogen and oxygen atoms in total. The predicted octanol–water partition coefficient (Wildman–Crippen LogP) is 0.599. The van der Waals surface area contributed by atoms with Gasteiger partial charge in [0.15, 0.2) is 0 Å². The molecule has 2 amide bonds. The van der Waals surface area contributed by atoms with Gasteiger partial charge in [0, 0.05) is 39.1 Å². The predicted molar refractivity (Wildman–Crippen MR) is 73.7 cm³/mol. The van der Waals surface area contributed by atoms with E-state index in [1.54, 1.807) is 0 Å². The highest BCUT2D eigenvalue weighted by molar-refractivity contribution is 5.88. The van der Waals surface area contributed by atoms with Crippen molar-refractivity contribution in [3.05, 3.63) is 0 Å². The molecule has 2 aliphatic rings. The highest BCUT2D eigenvalue weighted by atomic mass is 16.2. The molecule has 19 heavy (non-hydrogen) atoms. The number of hydrogen-bond donors (Lipinski definition) is 1. The van der Waals surface area contributed by atoms with Crippen LogP contribution in [-0.2, 0) is 9.59 Å². The van der Waals surface area contributed by atoms with Gasteiger partial charge in [0.2, 0.25) is 11.8 Å². The Balaban J connectivity index is 1.93. The zero-order chi connectivity index (χ0) is 13.7. The van der Waals surface area contributed by atoms with Crippen LogP contribution < -0.4 is 5.32 Å². The Hall–Kier alpha value is -1.10. The molecular weight excluding hydrogens is 242 g/mol. The maximum Gasteiger partial charge on any atom is 0.245 e. The zero-order valence-corrected chi connectivity index (χ0v) is 11.9. The van der Waals surface area contributed by atoms with Crippen LogP contribution in [0.4, 0.5) is 0 Å². The standard InChI is InChI=1S/C14H25N3O2/c1-2-3-6-13(18)17-9-4-5-12(17)14(19)16-10-7-15-8-11-16/h12,15H,2-11H2,1H3. The molecule has 2 rings (SSSR count). The van der Waals surface area contributed by atoms with E-state index in [4.69, 9.17) is 0 Å². The summed E-state index contributed by atoms with van der Waals surface area (Å²) >= 11 is 0. The van der Waals surface area contributed by atoms with Gasteiger partial charge >= 0.3 is 0 Å². The van der Waals surface area contributed by atoms with E-state index in [1.165, 1.54) is 0 Å². The first-order valence-corrected chi connectivity index (χ1v) is 7.53. The van der Waals surface area contributed by atoms with Gasteiger partial charge < -0.3 is 15.1 Å². The molecule has 2 fully saturated rings. The van der Waals surface area contributed by atoms with Crippen LogP contribution in [0.25, 0.3) is 0 Å². The summed E-state index contributed by atoms with van der Waals surface area (Å²) < 4.78 is 0. The monoisotopic (exact) mass is 267 g/mol. The lowest BCUT2D eigenvalue weighted by Gasteiger charge is -2.33. The van der Waals surface area contributed by atoms with Gasteiger partial charge in [-0.3, -0.25) is 9.59 Å². The number of likely N-dealkylation sites (tertiary alicyclic amines) is 1. The van der Waals surface area contributed by atoms with Crippen molar-refractivity contribution in [2.45, 2.75) is 45.1 Å². The van der Waals surface area contributed by atoms with Crippen molar-refractivity contribution in [1.29, 1.82) is 0 Å². The Morgan fingerprint density at radius 2 is 1.95 bits per heavy atom. The molecule has 0 aliphatic carbocycles. The van der Waals surface area contributed by atoms with Crippen molar-refractivity contribution in [3.8, 4) is 0 Å². The second kappa shape index (κ2) is 6.89. The molecule has 0 saturated carbocycles. The van der Waals surface area contributed by atoms with Crippen molar-refractivity contribution < 1.29 is 9.59 Å². The molecule has 108 valence electrons. The Morgan fingerprint density at radius 3 is 2.63 bits per heavy atom. The summed E-state index contributed by atoms with van der Waals surface area (Å²) in [5, 5.41) is 3.25. The number of nitrogens with one attached hydrogen (secondary N) is 1. The minimum Gasteiger partial charge on any atom is -0.338 e. The number of unbranched alkanes of at least 4 members (excludes halogenated alkanes) is 1. The molecule has 5 heteroatoms. The van der Waals surface area contributed by atoms with Gasteiger partial charge in [-0.1, -0.05) is 13.3 Å². The summed E-state index contributed by atoms with van der Waals surface area (Å²) in [5.74, 6) is 0.316. The summed E-state index contributed by atoms with van der Waals surface area (Å²) in [6, 6.07) is -0.192. The summed E-state index contributed by atoms with van der Waals surface area (Å²) in [4.78, 5) is 28.4. The lowest BCUT2D eigenvalue weighted by molar-refractivity contribution is -0.144. The van der Waals surface area contributed by atoms with Crippen molar-refractivity contribution in [3.63, 3.8) is 0 Å². The molecule has 0 spiro atoms. The van der Waals surface area contributed by atoms with E-state index >= 15 is 0 Å². The van der Waals surface area contributed by atoms with Crippen LogP contribution in [0.5, 0.6) is 0 Å². The van der Waals surface area contributed by atoms with Crippen molar-refractivity contribution in [2.24, 2.45) is 0 Å². The van der Waals surface area contributed by atoms with Gasteiger partial charge in [-0.05, 0) is 19.3 Å². The minimum atomic E-state index is -0.192. The van der Waals surface area contributed by atoms with Crippen LogP contribution in [-0.4, -0.2) is 60.4 Å². The molecule has 1 N–H and O–H groups in total. The molecule has 1 unspecified atom stereocenters. The fourth-order valence-electron chi connectivity index (χ4n) is 2.89. The number of carbonyl (C=O) groups is 2. The maximum atomic E-state index is 12.5. The van der Waals surface area contributed by atoms with Gasteiger partial charge in [-0.25, -0.2) is 0 Å². The van der Waals surface area contributed by atoms with Gasteiger partial charge in [-0.15, -0.1) is 0 Å². The van der Waals surface area contributed by atoms with E-state index in [-0.39, 0.29) is 17.9 Å². The van der Waals surface area contributed by atoms with Gasteiger partial charge in [0.25, 0.3) is 0 Å². The van der Waals surface area contributed by atoms with Gasteiger partial charge in [0.1, 0.15) is 6.04 Å². The topological polar surface area (TPSA) is 52.7 Å². The normalized spacial score (nSPS) is 23.7. The molecule has 2 aliphatic heterocycles. The third kappa shape index (κ3) is 3.47. The minimum absolute atomic E-state index is 0.156. The molecule has 0 radical (unpaired) electrons. The number of carbonyl (C=O) groups excluding carboxylic acids is 2. The van der Waals surface area contributed by atoms with E-state index < -0.39 is 0 Å². The lowest BCUT2D eigenvalue weighted by atomic mass is 10.1. The summed E-state index contributed by atoms with van der Waals surface area (Å²) in [5.41, 5.74) is 0. The van der Waals surface area contributed by atoms with E-state index in [9.17, 15) is 9.59 Å². The Labute approximate surface area is 115 Å². The van der Waals surface area contributed by atoms with Gasteiger partial charge in [-0.2, -0.15) is 0 Å². The molecular formula is C14H25N3O2. The van der Waals surface area contributed by atoms with E-state index in [2.05, 4.69) is 12.2 Å². The number of hydrogen-bond acceptors (Lipinski definition) is 3. The van der Waals surface area contributed by atoms with E-state index in [1.807, 2.05) is 9.80 Å². The first-order valence-electron chi connectivity index (χ1n) is 7.53. The highest BCUT2D eigenvalue weighted by Gasteiger charge is 2.36. The fraction of sp³-hybridized carbons (Fsp3) is 0.857.